The summed E-state index contributed by atoms with van der Waals surface area (Å²) in [6, 6.07) is 15.4. The molecule has 0 saturated carbocycles. The van der Waals surface area contributed by atoms with Crippen LogP contribution in [0.4, 0.5) is 4.39 Å². The van der Waals surface area contributed by atoms with Crippen LogP contribution < -0.4 is 10.1 Å². The standard InChI is InChI=1S/C24H21FN4O2/c1-31-23-19(24(30)27-15-13-18-4-2-3-14-26-18)10-12-21-22(23)20(28-29-21)11-7-16-5-8-17(25)9-6-16/h2-12,14H,13,15H2,1H3,(H,27,30)(H,28,29). The number of fused-ring (bicyclic) bond motifs is 1. The first-order chi connectivity index (χ1) is 15.2. The van der Waals surface area contributed by atoms with Gasteiger partial charge in [-0.15, -0.1) is 0 Å². The fraction of sp³-hybridized carbons (Fsp3) is 0.125. The van der Waals surface area contributed by atoms with E-state index in [4.69, 9.17) is 4.74 Å². The number of ether oxygens (including phenoxy) is 1. The number of methoxy groups -OCH3 is 1. The first-order valence-electron chi connectivity index (χ1n) is 9.82. The summed E-state index contributed by atoms with van der Waals surface area (Å²) in [6.45, 7) is 0.458. The van der Waals surface area contributed by atoms with E-state index in [9.17, 15) is 9.18 Å². The highest BCUT2D eigenvalue weighted by molar-refractivity contribution is 6.05. The molecule has 4 aromatic rings. The Hall–Kier alpha value is -4.00. The summed E-state index contributed by atoms with van der Waals surface area (Å²) in [5, 5.41) is 10.9. The van der Waals surface area contributed by atoms with Gasteiger partial charge in [0.05, 0.1) is 29.3 Å². The van der Waals surface area contributed by atoms with Gasteiger partial charge in [0.25, 0.3) is 5.91 Å². The largest absolute Gasteiger partial charge is 0.495 e. The number of pyridine rings is 1. The van der Waals surface area contributed by atoms with Crippen LogP contribution in [0.2, 0.25) is 0 Å². The van der Waals surface area contributed by atoms with E-state index in [2.05, 4.69) is 20.5 Å². The van der Waals surface area contributed by atoms with Gasteiger partial charge in [-0.1, -0.05) is 24.3 Å². The molecular weight excluding hydrogens is 395 g/mol. The number of halogens is 1. The molecule has 2 aromatic carbocycles. The van der Waals surface area contributed by atoms with Crippen molar-refractivity contribution in [3.63, 3.8) is 0 Å². The van der Waals surface area contributed by atoms with Gasteiger partial charge in [-0.05, 0) is 48.0 Å². The van der Waals surface area contributed by atoms with Crippen molar-refractivity contribution < 1.29 is 13.9 Å². The second kappa shape index (κ2) is 9.21. The molecule has 0 spiro atoms. The van der Waals surface area contributed by atoms with Crippen LogP contribution in [0.1, 0.15) is 27.3 Å². The van der Waals surface area contributed by atoms with Gasteiger partial charge < -0.3 is 10.1 Å². The first kappa shape index (κ1) is 20.3. The minimum Gasteiger partial charge on any atom is -0.495 e. The zero-order valence-electron chi connectivity index (χ0n) is 16.9. The van der Waals surface area contributed by atoms with Crippen molar-refractivity contribution in [2.75, 3.05) is 13.7 Å². The molecule has 0 radical (unpaired) electrons. The summed E-state index contributed by atoms with van der Waals surface area (Å²) in [5.74, 6) is -0.0765. The van der Waals surface area contributed by atoms with E-state index in [0.717, 1.165) is 16.8 Å². The molecule has 0 atom stereocenters. The average Bonchev–Trinajstić information content (AvgIpc) is 3.22. The van der Waals surface area contributed by atoms with Crippen molar-refractivity contribution in [2.45, 2.75) is 6.42 Å². The van der Waals surface area contributed by atoms with Crippen LogP contribution in [0, 0.1) is 5.82 Å². The number of rotatable bonds is 7. The van der Waals surface area contributed by atoms with Gasteiger partial charge in [-0.2, -0.15) is 5.10 Å². The zero-order chi connectivity index (χ0) is 21.6. The minimum atomic E-state index is -0.289. The fourth-order valence-corrected chi connectivity index (χ4v) is 3.31. The first-order valence-corrected chi connectivity index (χ1v) is 9.82. The van der Waals surface area contributed by atoms with E-state index in [1.54, 1.807) is 36.5 Å². The quantitative estimate of drug-likeness (QED) is 0.472. The van der Waals surface area contributed by atoms with Crippen molar-refractivity contribution in [3.8, 4) is 5.75 Å². The summed E-state index contributed by atoms with van der Waals surface area (Å²) < 4.78 is 18.7. The Morgan fingerprint density at radius 2 is 1.97 bits per heavy atom. The highest BCUT2D eigenvalue weighted by Crippen LogP contribution is 2.32. The van der Waals surface area contributed by atoms with Gasteiger partial charge in [-0.3, -0.25) is 14.9 Å². The topological polar surface area (TPSA) is 79.9 Å². The lowest BCUT2D eigenvalue weighted by molar-refractivity contribution is 0.0951. The SMILES string of the molecule is COc1c(C(=O)NCCc2ccccn2)ccc2[nH]nc(C=Cc3ccc(F)cc3)c12. The number of nitrogens with one attached hydrogen (secondary N) is 2. The van der Waals surface area contributed by atoms with E-state index in [1.165, 1.54) is 19.2 Å². The molecule has 0 saturated heterocycles. The molecule has 2 heterocycles. The Morgan fingerprint density at radius 1 is 1.13 bits per heavy atom. The van der Waals surface area contributed by atoms with Crippen LogP contribution in [0.5, 0.6) is 5.75 Å². The molecule has 2 N–H and O–H groups in total. The van der Waals surface area contributed by atoms with Crippen molar-refractivity contribution in [3.05, 3.63) is 89.1 Å². The molecule has 0 bridgehead atoms. The predicted octanol–water partition coefficient (Wildman–Crippen LogP) is 4.25. The molecule has 7 heteroatoms. The molecule has 0 aliphatic heterocycles. The number of hydrogen-bond donors (Lipinski definition) is 2. The molecule has 2 aromatic heterocycles. The summed E-state index contributed by atoms with van der Waals surface area (Å²) in [4.78, 5) is 17.1. The molecule has 4 rings (SSSR count). The van der Waals surface area contributed by atoms with Gasteiger partial charge in [0.2, 0.25) is 0 Å². The number of hydrogen-bond acceptors (Lipinski definition) is 4. The van der Waals surface area contributed by atoms with Crippen LogP contribution in [-0.4, -0.2) is 34.7 Å². The smallest absolute Gasteiger partial charge is 0.255 e. The molecule has 31 heavy (non-hydrogen) atoms. The maximum absolute atomic E-state index is 13.1. The number of amides is 1. The number of H-pyrrole nitrogens is 1. The normalized spacial score (nSPS) is 11.2. The Labute approximate surface area is 178 Å². The molecule has 0 aliphatic carbocycles. The molecule has 1 amide bonds. The fourth-order valence-electron chi connectivity index (χ4n) is 3.31. The van der Waals surface area contributed by atoms with Gasteiger partial charge in [-0.25, -0.2) is 4.39 Å². The highest BCUT2D eigenvalue weighted by Gasteiger charge is 2.18. The van der Waals surface area contributed by atoms with E-state index in [1.807, 2.05) is 24.3 Å². The third kappa shape index (κ3) is 4.61. The van der Waals surface area contributed by atoms with Crippen molar-refractivity contribution in [1.29, 1.82) is 0 Å². The number of nitrogens with zero attached hydrogens (tertiary/aromatic N) is 2. The number of aromatic nitrogens is 3. The third-order valence-electron chi connectivity index (χ3n) is 4.86. The highest BCUT2D eigenvalue weighted by atomic mass is 19.1. The van der Waals surface area contributed by atoms with Crippen molar-refractivity contribution in [1.82, 2.24) is 20.5 Å². The monoisotopic (exact) mass is 416 g/mol. The summed E-state index contributed by atoms with van der Waals surface area (Å²) in [5.41, 5.74) is 3.54. The molecule has 0 unspecified atom stereocenters. The molecule has 6 nitrogen and oxygen atoms in total. The van der Waals surface area contributed by atoms with E-state index in [0.29, 0.717) is 35.4 Å². The van der Waals surface area contributed by atoms with Crippen LogP contribution in [-0.2, 0) is 6.42 Å². The molecule has 0 aliphatic rings. The Kier molecular flexibility index (Phi) is 6.03. The molecule has 156 valence electrons. The van der Waals surface area contributed by atoms with E-state index in [-0.39, 0.29) is 11.7 Å². The maximum Gasteiger partial charge on any atom is 0.255 e. The lowest BCUT2D eigenvalue weighted by atomic mass is 10.1. The lowest BCUT2D eigenvalue weighted by Crippen LogP contribution is -2.26. The Bertz CT molecular complexity index is 1220. The van der Waals surface area contributed by atoms with E-state index >= 15 is 0 Å². The van der Waals surface area contributed by atoms with Gasteiger partial charge in [0, 0.05) is 24.9 Å². The van der Waals surface area contributed by atoms with Crippen LogP contribution >= 0.6 is 0 Å². The summed E-state index contributed by atoms with van der Waals surface area (Å²) in [6.07, 6.45) is 5.99. The lowest BCUT2D eigenvalue weighted by Gasteiger charge is -2.11. The molecular formula is C24H21FN4O2. The van der Waals surface area contributed by atoms with Crippen LogP contribution in [0.25, 0.3) is 23.1 Å². The second-order valence-electron chi connectivity index (χ2n) is 6.89. The Balaban J connectivity index is 1.57. The number of carbonyl (C=O) groups excluding carboxylic acids is 1. The molecule has 0 fully saturated rings. The average molecular weight is 416 g/mol. The van der Waals surface area contributed by atoms with Crippen LogP contribution in [0.15, 0.2) is 60.8 Å². The summed E-state index contributed by atoms with van der Waals surface area (Å²) in [7, 11) is 1.53. The third-order valence-corrected chi connectivity index (χ3v) is 4.86. The van der Waals surface area contributed by atoms with Gasteiger partial charge in [0.15, 0.2) is 0 Å². The van der Waals surface area contributed by atoms with E-state index < -0.39 is 0 Å². The second-order valence-corrected chi connectivity index (χ2v) is 6.89. The van der Waals surface area contributed by atoms with Crippen molar-refractivity contribution >= 4 is 29.0 Å². The zero-order valence-corrected chi connectivity index (χ0v) is 16.9. The van der Waals surface area contributed by atoms with Crippen molar-refractivity contribution in [2.24, 2.45) is 0 Å². The van der Waals surface area contributed by atoms with Crippen LogP contribution in [0.3, 0.4) is 0 Å². The minimum absolute atomic E-state index is 0.232. The number of carbonyl (C=O) groups is 1. The predicted molar refractivity (Wildman–Crippen MR) is 118 cm³/mol. The Morgan fingerprint density at radius 3 is 2.71 bits per heavy atom. The van der Waals surface area contributed by atoms with Gasteiger partial charge >= 0.3 is 0 Å². The maximum atomic E-state index is 13.1. The number of benzene rings is 2. The number of aromatic amines is 1. The van der Waals surface area contributed by atoms with Gasteiger partial charge in [0.1, 0.15) is 11.6 Å². The summed E-state index contributed by atoms with van der Waals surface area (Å²) >= 11 is 0.